The van der Waals surface area contributed by atoms with Crippen molar-refractivity contribution in [3.63, 3.8) is 0 Å². The predicted molar refractivity (Wildman–Crippen MR) is 125 cm³/mol. The molecule has 0 spiro atoms. The van der Waals surface area contributed by atoms with E-state index in [1.807, 2.05) is 6.92 Å². The third-order valence-corrected chi connectivity index (χ3v) is 6.29. The molecule has 0 unspecified atom stereocenters. The van der Waals surface area contributed by atoms with Crippen molar-refractivity contribution < 1.29 is 22.1 Å². The van der Waals surface area contributed by atoms with E-state index in [1.54, 1.807) is 48.5 Å². The highest BCUT2D eigenvalue weighted by Crippen LogP contribution is 2.20. The fourth-order valence-corrected chi connectivity index (χ4v) is 4.13. The Hall–Kier alpha value is -4.05. The van der Waals surface area contributed by atoms with Crippen molar-refractivity contribution in [2.24, 2.45) is 0 Å². The molecule has 8 nitrogen and oxygen atoms in total. The lowest BCUT2D eigenvalue weighted by Gasteiger charge is -2.10. The molecule has 0 saturated heterocycles. The molecule has 1 amide bonds. The standard InChI is InChI=1S/C24H21FN4O4S/c1-16-2-12-21(13-3-16)34(31,32)29-20-10-8-19(9-11-20)26-22(30)14-15-23-27-24(28-33-23)17-4-6-18(25)7-5-17/h2-13,29H,14-15H2,1H3,(H,26,30). The number of nitrogens with zero attached hydrogens (tertiary/aromatic N) is 2. The summed E-state index contributed by atoms with van der Waals surface area (Å²) in [7, 11) is -3.70. The first-order valence-electron chi connectivity index (χ1n) is 10.4. The van der Waals surface area contributed by atoms with Gasteiger partial charge in [0.25, 0.3) is 10.0 Å². The highest BCUT2D eigenvalue weighted by atomic mass is 32.2. The van der Waals surface area contributed by atoms with Crippen LogP contribution in [0.5, 0.6) is 0 Å². The molecule has 174 valence electrons. The minimum absolute atomic E-state index is 0.104. The van der Waals surface area contributed by atoms with Gasteiger partial charge in [0.1, 0.15) is 5.82 Å². The third kappa shape index (κ3) is 5.84. The molecule has 0 aliphatic carbocycles. The molecule has 3 aromatic carbocycles. The molecule has 1 aromatic heterocycles. The SMILES string of the molecule is Cc1ccc(S(=O)(=O)Nc2ccc(NC(=O)CCc3nc(-c4ccc(F)cc4)no3)cc2)cc1. The molecule has 4 aromatic rings. The Morgan fingerprint density at radius 2 is 1.59 bits per heavy atom. The van der Waals surface area contributed by atoms with Crippen LogP contribution in [0, 0.1) is 12.7 Å². The Balaban J connectivity index is 1.30. The number of anilines is 2. The molecule has 4 rings (SSSR count). The van der Waals surface area contributed by atoms with Gasteiger partial charge in [-0.05, 0) is 67.6 Å². The van der Waals surface area contributed by atoms with Gasteiger partial charge < -0.3 is 9.84 Å². The van der Waals surface area contributed by atoms with Crippen LogP contribution in [0.1, 0.15) is 17.9 Å². The number of aromatic nitrogens is 2. The quantitative estimate of drug-likeness (QED) is 0.382. The summed E-state index contributed by atoms with van der Waals surface area (Å²) in [6.45, 7) is 1.88. The summed E-state index contributed by atoms with van der Waals surface area (Å²) >= 11 is 0. The number of rotatable bonds is 8. The number of nitrogens with one attached hydrogen (secondary N) is 2. The van der Waals surface area contributed by atoms with Crippen LogP contribution in [0.2, 0.25) is 0 Å². The van der Waals surface area contributed by atoms with Crippen molar-refractivity contribution in [3.05, 3.63) is 90.1 Å². The summed E-state index contributed by atoms with van der Waals surface area (Å²) in [5.41, 5.74) is 2.46. The van der Waals surface area contributed by atoms with Crippen LogP contribution in [-0.2, 0) is 21.2 Å². The molecule has 10 heteroatoms. The normalized spacial score (nSPS) is 11.2. The van der Waals surface area contributed by atoms with Crippen LogP contribution in [0.15, 0.2) is 82.2 Å². The molecule has 1 heterocycles. The van der Waals surface area contributed by atoms with Crippen molar-refractivity contribution in [2.45, 2.75) is 24.7 Å². The zero-order chi connectivity index (χ0) is 24.1. The maximum absolute atomic E-state index is 13.0. The summed E-state index contributed by atoms with van der Waals surface area (Å²) in [5, 5.41) is 6.58. The van der Waals surface area contributed by atoms with Gasteiger partial charge >= 0.3 is 0 Å². The lowest BCUT2D eigenvalue weighted by atomic mass is 10.2. The number of benzene rings is 3. The van der Waals surface area contributed by atoms with Crippen LogP contribution >= 0.6 is 0 Å². The molecule has 0 atom stereocenters. The van der Waals surface area contributed by atoms with Crippen LogP contribution in [0.25, 0.3) is 11.4 Å². The molecule has 0 saturated carbocycles. The van der Waals surface area contributed by atoms with E-state index in [9.17, 15) is 17.6 Å². The van der Waals surface area contributed by atoms with Crippen molar-refractivity contribution in [1.82, 2.24) is 10.1 Å². The number of hydrogen-bond donors (Lipinski definition) is 2. The summed E-state index contributed by atoms with van der Waals surface area (Å²) in [4.78, 5) is 16.7. The van der Waals surface area contributed by atoms with Crippen molar-refractivity contribution in [3.8, 4) is 11.4 Å². The van der Waals surface area contributed by atoms with Gasteiger partial charge in [0.05, 0.1) is 4.90 Å². The van der Waals surface area contributed by atoms with Gasteiger partial charge in [-0.3, -0.25) is 9.52 Å². The van der Waals surface area contributed by atoms with Gasteiger partial charge in [0.2, 0.25) is 17.6 Å². The number of amides is 1. The summed E-state index contributed by atoms with van der Waals surface area (Å²) in [6.07, 6.45) is 0.335. The Bertz CT molecular complexity index is 1380. The van der Waals surface area contributed by atoms with Crippen molar-refractivity contribution in [2.75, 3.05) is 10.0 Å². The first kappa shape index (κ1) is 23.1. The van der Waals surface area contributed by atoms with E-state index in [-0.39, 0.29) is 35.4 Å². The molecule has 2 N–H and O–H groups in total. The largest absolute Gasteiger partial charge is 0.339 e. The highest BCUT2D eigenvalue weighted by Gasteiger charge is 2.14. The number of hydrogen-bond acceptors (Lipinski definition) is 6. The van der Waals surface area contributed by atoms with E-state index >= 15 is 0 Å². The number of carbonyl (C=O) groups is 1. The third-order valence-electron chi connectivity index (χ3n) is 4.89. The van der Waals surface area contributed by atoms with Crippen LogP contribution in [-0.4, -0.2) is 24.5 Å². The van der Waals surface area contributed by atoms with Gasteiger partial charge in [0.15, 0.2) is 0 Å². The predicted octanol–water partition coefficient (Wildman–Crippen LogP) is 4.56. The highest BCUT2D eigenvalue weighted by molar-refractivity contribution is 7.92. The van der Waals surface area contributed by atoms with Crippen molar-refractivity contribution >= 4 is 27.3 Å². The van der Waals surface area contributed by atoms with Crippen LogP contribution in [0.4, 0.5) is 15.8 Å². The first-order valence-corrected chi connectivity index (χ1v) is 11.8. The second-order valence-electron chi connectivity index (χ2n) is 7.56. The average Bonchev–Trinajstić information content (AvgIpc) is 3.29. The minimum Gasteiger partial charge on any atom is -0.339 e. The topological polar surface area (TPSA) is 114 Å². The molecule has 0 aliphatic heterocycles. The lowest BCUT2D eigenvalue weighted by molar-refractivity contribution is -0.116. The zero-order valence-corrected chi connectivity index (χ0v) is 19.0. The molecule has 0 bridgehead atoms. The number of halogens is 1. The van der Waals surface area contributed by atoms with Gasteiger partial charge in [-0.15, -0.1) is 0 Å². The van der Waals surface area contributed by atoms with E-state index < -0.39 is 10.0 Å². The van der Waals surface area contributed by atoms with Crippen LogP contribution < -0.4 is 10.0 Å². The fourth-order valence-electron chi connectivity index (χ4n) is 3.07. The Morgan fingerprint density at radius 3 is 2.26 bits per heavy atom. The molecular weight excluding hydrogens is 459 g/mol. The van der Waals surface area contributed by atoms with Crippen molar-refractivity contribution in [1.29, 1.82) is 0 Å². The van der Waals surface area contributed by atoms with Gasteiger partial charge in [-0.25, -0.2) is 12.8 Å². The maximum Gasteiger partial charge on any atom is 0.261 e. The smallest absolute Gasteiger partial charge is 0.261 e. The van der Waals surface area contributed by atoms with E-state index in [4.69, 9.17) is 4.52 Å². The lowest BCUT2D eigenvalue weighted by Crippen LogP contribution is -2.14. The first-order chi connectivity index (χ1) is 16.3. The monoisotopic (exact) mass is 480 g/mol. The number of aryl methyl sites for hydroxylation is 2. The summed E-state index contributed by atoms with van der Waals surface area (Å²) in [5.74, 6) is -0.0233. The minimum atomic E-state index is -3.70. The molecule has 0 radical (unpaired) electrons. The average molecular weight is 481 g/mol. The van der Waals surface area contributed by atoms with E-state index in [1.165, 1.54) is 24.3 Å². The maximum atomic E-state index is 13.0. The van der Waals surface area contributed by atoms with E-state index in [0.717, 1.165) is 5.56 Å². The zero-order valence-electron chi connectivity index (χ0n) is 18.2. The molecular formula is C24H21FN4O4S. The summed E-state index contributed by atoms with van der Waals surface area (Å²) < 4.78 is 45.7. The Labute approximate surface area is 195 Å². The second kappa shape index (κ2) is 9.84. The molecule has 34 heavy (non-hydrogen) atoms. The van der Waals surface area contributed by atoms with Gasteiger partial charge in [0, 0.05) is 29.8 Å². The Morgan fingerprint density at radius 1 is 0.941 bits per heavy atom. The molecule has 0 aliphatic rings. The Kier molecular flexibility index (Phi) is 6.69. The number of carbonyl (C=O) groups excluding carboxylic acids is 1. The van der Waals surface area contributed by atoms with Gasteiger partial charge in [-0.2, -0.15) is 4.98 Å². The van der Waals surface area contributed by atoms with Gasteiger partial charge in [-0.1, -0.05) is 22.9 Å². The summed E-state index contributed by atoms with van der Waals surface area (Å²) in [6, 6.07) is 18.6. The molecule has 0 fully saturated rings. The second-order valence-corrected chi connectivity index (χ2v) is 9.25. The van der Waals surface area contributed by atoms with Crippen LogP contribution in [0.3, 0.4) is 0 Å². The van der Waals surface area contributed by atoms with E-state index in [2.05, 4.69) is 20.2 Å². The fraction of sp³-hybridized carbons (Fsp3) is 0.125. The number of sulfonamides is 1. The van der Waals surface area contributed by atoms with E-state index in [0.29, 0.717) is 22.8 Å².